The van der Waals surface area contributed by atoms with Crippen molar-refractivity contribution in [3.8, 4) is 39.5 Å². The number of carboxylic acids is 1. The van der Waals surface area contributed by atoms with Gasteiger partial charge in [0, 0.05) is 112 Å². The number of non-ortho nitro benzene ring substituents is 1. The van der Waals surface area contributed by atoms with E-state index in [9.17, 15) is 68.0 Å². The maximum absolute atomic E-state index is 14.0. The minimum absolute atomic E-state index is 0.00866. The van der Waals surface area contributed by atoms with Crippen molar-refractivity contribution in [2.75, 3.05) is 44.1 Å². The molecule has 0 saturated heterocycles. The molecule has 0 radical (unpaired) electrons. The fourth-order valence-electron chi connectivity index (χ4n) is 10.8. The lowest BCUT2D eigenvalue weighted by atomic mass is 9.94. The number of methoxy groups -OCH3 is 2. The first-order chi connectivity index (χ1) is 62.7. The predicted molar refractivity (Wildman–Crippen MR) is 493 cm³/mol. The van der Waals surface area contributed by atoms with Crippen LogP contribution in [0, 0.1) is 38.2 Å². The van der Waals surface area contributed by atoms with Crippen LogP contribution in [0.25, 0.3) is 34.4 Å². The monoisotopic (exact) mass is 1840 g/mol. The molecule has 40 heteroatoms. The van der Waals surface area contributed by atoms with E-state index >= 15 is 0 Å². The van der Waals surface area contributed by atoms with E-state index < -0.39 is 96.0 Å². The van der Waals surface area contributed by atoms with E-state index in [0.717, 1.165) is 12.8 Å². The molecule has 15 N–H and O–H groups in total. The number of carbonyl (C=O) groups is 11. The molecule has 2 unspecified atom stereocenters. The lowest BCUT2D eigenvalue weighted by Crippen LogP contribution is -2.32. The van der Waals surface area contributed by atoms with Gasteiger partial charge in [0.15, 0.2) is 11.4 Å². The molecule has 6 aromatic carbocycles. The van der Waals surface area contributed by atoms with Gasteiger partial charge in [-0.25, -0.2) is 48.3 Å². The molecule has 2 heterocycles. The Hall–Kier alpha value is -16.3. The maximum atomic E-state index is 14.0. The molecule has 133 heavy (non-hydrogen) atoms. The SMILES string of the molecule is C=Cc1cc(C(=O)Nc2ccc(C(=N)NC(=O)OC(C)C)cc2)c(-c2ccc(C(=O)NCC3CC3)nc2C(=O)OC(C)OC(=O)OC(C)C)cc1OC.C=Cc1cc(C(=O)O)c(-c2ccc(C(=O)NCC(C)C)nc2C(=O)OC(C)OC(=O)OC(C)C)cc1OC.CC(C)OC(=O)NC(=N)c1ccc(N)cc1.CC(C)OC(=O)Oc1ccc([N+](=O)[O-])cc1.N=C(N)c1ccc(N)cc1. The second-order valence-electron chi connectivity index (χ2n) is 30.3. The first kappa shape index (κ1) is 107. The summed E-state index contributed by atoms with van der Waals surface area (Å²) in [6.07, 6.45) is -3.96. The van der Waals surface area contributed by atoms with Crippen molar-refractivity contribution >= 4 is 119 Å². The summed E-state index contributed by atoms with van der Waals surface area (Å²) in [6, 6.07) is 36.3. The third kappa shape index (κ3) is 36.4. The number of nitro groups is 1. The van der Waals surface area contributed by atoms with Crippen molar-refractivity contribution in [3.05, 3.63) is 231 Å². The number of hydrogen-bond acceptors (Lipinski definition) is 32. The average molecular weight is 1840 g/mol. The number of carboxylic acid groups (broad SMARTS) is 1. The summed E-state index contributed by atoms with van der Waals surface area (Å²) in [5.41, 5.74) is 19.7. The molecule has 708 valence electrons. The van der Waals surface area contributed by atoms with Gasteiger partial charge in [-0.3, -0.25) is 51.4 Å². The van der Waals surface area contributed by atoms with Crippen molar-refractivity contribution in [2.45, 2.75) is 153 Å². The lowest BCUT2D eigenvalue weighted by molar-refractivity contribution is -0.384. The molecule has 5 amide bonds. The zero-order valence-electron chi connectivity index (χ0n) is 76.2. The molecule has 1 saturated carbocycles. The molecule has 9 rings (SSSR count). The predicted octanol–water partition coefficient (Wildman–Crippen LogP) is 15.7. The Morgan fingerprint density at radius 3 is 1.26 bits per heavy atom. The Morgan fingerprint density at radius 1 is 0.489 bits per heavy atom. The van der Waals surface area contributed by atoms with Crippen LogP contribution in [0.2, 0.25) is 0 Å². The topological polar surface area (TPSA) is 597 Å². The summed E-state index contributed by atoms with van der Waals surface area (Å²) in [4.78, 5) is 155. The Labute approximate surface area is 766 Å². The fourth-order valence-corrected chi connectivity index (χ4v) is 10.8. The normalized spacial score (nSPS) is 11.4. The van der Waals surface area contributed by atoms with E-state index in [1.54, 1.807) is 130 Å². The van der Waals surface area contributed by atoms with Gasteiger partial charge in [0.05, 0.1) is 55.2 Å². The van der Waals surface area contributed by atoms with Crippen LogP contribution in [0.5, 0.6) is 17.2 Å². The maximum Gasteiger partial charge on any atom is 0.514 e. The van der Waals surface area contributed by atoms with E-state index in [4.69, 9.17) is 90.3 Å². The third-order valence-corrected chi connectivity index (χ3v) is 17.1. The van der Waals surface area contributed by atoms with Gasteiger partial charge in [-0.2, -0.15) is 0 Å². The smallest absolute Gasteiger partial charge is 0.496 e. The number of amidine groups is 3. The fraction of sp³-hybridized carbons (Fsp3) is 0.312. The van der Waals surface area contributed by atoms with Crippen LogP contribution < -0.4 is 58.0 Å². The second kappa shape index (κ2) is 52.2. The quantitative estimate of drug-likeness (QED) is 0.00221. The van der Waals surface area contributed by atoms with E-state index in [2.05, 4.69) is 49.7 Å². The largest absolute Gasteiger partial charge is 0.514 e. The molecule has 0 bridgehead atoms. The third-order valence-electron chi connectivity index (χ3n) is 17.1. The van der Waals surface area contributed by atoms with Gasteiger partial charge in [0.25, 0.3) is 23.4 Å². The van der Waals surface area contributed by atoms with Crippen LogP contribution in [-0.2, 0) is 42.6 Å². The summed E-state index contributed by atoms with van der Waals surface area (Å²) in [7, 11) is 2.83. The van der Waals surface area contributed by atoms with E-state index in [0.29, 0.717) is 75.4 Å². The molecule has 40 nitrogen and oxygen atoms in total. The summed E-state index contributed by atoms with van der Waals surface area (Å²) >= 11 is 0. The number of carbonyl (C=O) groups excluding carboxylic acids is 10. The number of nitro benzene ring substituents is 1. The number of aromatic carboxylic acids is 1. The minimum atomic E-state index is -1.41. The number of hydrogen-bond donors (Lipinski definition) is 12. The molecule has 8 aromatic rings. The molecule has 0 spiro atoms. The number of ether oxygens (including phenoxy) is 12. The molecular weight excluding hydrogens is 1730 g/mol. The van der Waals surface area contributed by atoms with E-state index in [1.165, 1.54) is 125 Å². The van der Waals surface area contributed by atoms with Gasteiger partial charge in [-0.1, -0.05) is 39.2 Å². The van der Waals surface area contributed by atoms with Crippen LogP contribution in [-0.4, -0.2) is 174 Å². The van der Waals surface area contributed by atoms with Gasteiger partial charge >= 0.3 is 48.6 Å². The van der Waals surface area contributed by atoms with Gasteiger partial charge in [0.2, 0.25) is 12.6 Å². The average Bonchev–Trinajstić information content (AvgIpc) is 1.68. The first-order valence-corrected chi connectivity index (χ1v) is 41.1. The zero-order valence-corrected chi connectivity index (χ0v) is 76.2. The summed E-state index contributed by atoms with van der Waals surface area (Å²) < 4.78 is 60.8. The van der Waals surface area contributed by atoms with Crippen LogP contribution >= 0.6 is 0 Å². The number of pyridine rings is 2. The van der Waals surface area contributed by atoms with Crippen molar-refractivity contribution in [3.63, 3.8) is 0 Å². The molecule has 0 aliphatic heterocycles. The number of amides is 5. The standard InChI is InChI=1S/C38H43N5O10.C27H32N2O9.C11H15N3O2.C10H11NO5.C7H9N3/c1-8-24-17-29(34(44)41-26-13-11-25(12-14-26)33(39)43-37(47)50-20(2)3)28(18-31(24)49-7)27-15-16-30(35(45)40-19-23-9-10-23)42-32(27)36(46)52-22(6)53-38(48)51-21(4)5;1-8-17-11-20(25(31)32)19(12-22(17)35-7)18-9-10-21(24(30)28-13-14(2)3)29-23(18)26(33)37-16(6)38-27(34)36-15(4)5;1-7(2)16-11(15)14-10(13)8-3-5-9(12)6-4-8;1-7(2)15-10(12)16-9-5-3-8(4-6-9)11(13)14;8-6-3-1-5(2-4-6)7(9)10/h8,11-18,20-23H,1,9-10,19H2,2-7H3,(H,40,45)(H,41,44)(H2,39,43,47);8-12,14-16H,1,13H2,2-7H3,(H,28,30)(H,31,32);3-7H,12H2,1-2H3,(H2,13,14,15);3-7H,1-2H3;1-4H,8H2,(H3,9,10). The molecule has 2 aromatic heterocycles. The number of esters is 2. The van der Waals surface area contributed by atoms with Crippen molar-refractivity contribution in [1.82, 2.24) is 31.2 Å². The number of anilines is 3. The number of nitrogen functional groups attached to an aromatic ring is 3. The highest BCUT2D eigenvalue weighted by Gasteiger charge is 2.31. The Morgan fingerprint density at radius 2 is 0.880 bits per heavy atom. The van der Waals surface area contributed by atoms with Crippen LogP contribution in [0.1, 0.15) is 200 Å². The highest BCUT2D eigenvalue weighted by Crippen LogP contribution is 2.37. The van der Waals surface area contributed by atoms with E-state index in [1.807, 2.05) is 13.8 Å². The number of rotatable bonds is 31. The molecule has 2 atom stereocenters. The number of nitrogens with zero attached hydrogens (tertiary/aromatic N) is 3. The Balaban J connectivity index is 0.000000335. The minimum Gasteiger partial charge on any atom is -0.496 e. The Kier molecular flexibility index (Phi) is 42.1. The Bertz CT molecular complexity index is 5510. The number of alkyl carbamates (subject to hydrolysis) is 2. The first-order valence-electron chi connectivity index (χ1n) is 41.1. The molecule has 1 aliphatic rings. The molecule has 1 aliphatic carbocycles. The van der Waals surface area contributed by atoms with Gasteiger partial charge in [-0.05, 0) is 227 Å². The number of benzene rings is 6. The summed E-state index contributed by atoms with van der Waals surface area (Å²) in [5.74, 6) is -3.82. The summed E-state index contributed by atoms with van der Waals surface area (Å²) in [5, 5.41) is 56.1. The van der Waals surface area contributed by atoms with Crippen LogP contribution in [0.15, 0.2) is 159 Å². The second-order valence-corrected chi connectivity index (χ2v) is 30.3. The van der Waals surface area contributed by atoms with E-state index in [-0.39, 0.29) is 109 Å². The molecular formula is C93H110N14O26. The highest BCUT2D eigenvalue weighted by molar-refractivity contribution is 6.12. The lowest BCUT2D eigenvalue weighted by Gasteiger charge is -2.19. The van der Waals surface area contributed by atoms with Crippen molar-refractivity contribution in [1.29, 1.82) is 16.2 Å². The van der Waals surface area contributed by atoms with Crippen LogP contribution in [0.4, 0.5) is 46.7 Å². The molecule has 1 fully saturated rings. The van der Waals surface area contributed by atoms with Crippen molar-refractivity contribution in [2.24, 2.45) is 17.6 Å². The van der Waals surface area contributed by atoms with Crippen LogP contribution in [0.3, 0.4) is 0 Å². The van der Waals surface area contributed by atoms with Gasteiger partial charge in [-0.15, -0.1) is 0 Å². The number of nitrogens with two attached hydrogens (primary N) is 3. The zero-order chi connectivity index (χ0) is 99.2. The highest BCUT2D eigenvalue weighted by atomic mass is 16.8. The van der Waals surface area contributed by atoms with Gasteiger partial charge < -0.3 is 95.1 Å². The number of nitrogens with one attached hydrogen (secondary N) is 8. The summed E-state index contributed by atoms with van der Waals surface area (Å²) in [6.45, 7) is 31.5. The van der Waals surface area contributed by atoms with Crippen molar-refractivity contribution < 1.29 is 120 Å². The number of aromatic nitrogens is 2. The van der Waals surface area contributed by atoms with Gasteiger partial charge in [0.1, 0.15) is 46.1 Å².